The number of methoxy groups -OCH3 is 1. The number of benzene rings is 2. The summed E-state index contributed by atoms with van der Waals surface area (Å²) >= 11 is 0. The van der Waals surface area contributed by atoms with Gasteiger partial charge in [0.25, 0.3) is 0 Å². The molecule has 4 heterocycles. The zero-order chi connectivity index (χ0) is 26.4. The number of aryl methyl sites for hydroxylation is 2. The van der Waals surface area contributed by atoms with Gasteiger partial charge in [-0.2, -0.15) is 0 Å². The minimum Gasteiger partial charge on any atom is -0.496 e. The Morgan fingerprint density at radius 2 is 2.00 bits per heavy atom. The minimum absolute atomic E-state index is 0.108. The Morgan fingerprint density at radius 3 is 2.76 bits per heavy atom. The van der Waals surface area contributed by atoms with E-state index in [1.165, 1.54) is 6.07 Å². The number of nitrogens with zero attached hydrogens (tertiary/aromatic N) is 4. The van der Waals surface area contributed by atoms with Gasteiger partial charge in [-0.05, 0) is 44.0 Å². The number of ether oxygens (including phenoxy) is 2. The molecular weight excluding hydrogens is 483 g/mol. The minimum atomic E-state index is -0.337. The highest BCUT2D eigenvalue weighted by Gasteiger charge is 2.25. The Labute approximate surface area is 219 Å². The predicted molar refractivity (Wildman–Crippen MR) is 143 cm³/mol. The van der Waals surface area contributed by atoms with Crippen LogP contribution in [-0.2, 0) is 18.2 Å². The molecule has 2 aromatic carbocycles. The first kappa shape index (κ1) is 24.3. The average molecular weight is 513 g/mol. The maximum absolute atomic E-state index is 14.3. The number of hydrogen-bond acceptors (Lipinski definition) is 5. The normalized spacial score (nSPS) is 14.4. The van der Waals surface area contributed by atoms with Crippen LogP contribution in [0.1, 0.15) is 46.3 Å². The zero-order valence-corrected chi connectivity index (χ0v) is 21.7. The highest BCUT2D eigenvalue weighted by atomic mass is 19.1. The number of aromatic nitrogens is 4. The number of fused-ring (bicyclic) bond motifs is 2. The predicted octanol–water partition coefficient (Wildman–Crippen LogP) is 5.66. The smallest absolute Gasteiger partial charge is 0.183 e. The fourth-order valence-corrected chi connectivity index (χ4v) is 5.56. The van der Waals surface area contributed by atoms with Crippen molar-refractivity contribution in [3.63, 3.8) is 0 Å². The molecule has 5 aromatic rings. The first-order valence-electron chi connectivity index (χ1n) is 12.8. The van der Waals surface area contributed by atoms with Crippen molar-refractivity contribution in [1.29, 1.82) is 0 Å². The summed E-state index contributed by atoms with van der Waals surface area (Å²) < 4.78 is 29.5. The molecule has 0 saturated carbocycles. The first-order chi connectivity index (χ1) is 18.5. The lowest BCUT2D eigenvalue weighted by Crippen LogP contribution is -2.16. The summed E-state index contributed by atoms with van der Waals surface area (Å²) in [5.41, 5.74) is 5.52. The highest BCUT2D eigenvalue weighted by Crippen LogP contribution is 2.35. The van der Waals surface area contributed by atoms with Crippen molar-refractivity contribution in [2.24, 2.45) is 7.05 Å². The molecule has 38 heavy (non-hydrogen) atoms. The molecule has 3 aromatic heterocycles. The molecule has 1 fully saturated rings. The Kier molecular flexibility index (Phi) is 6.19. The molecule has 1 aliphatic rings. The van der Waals surface area contributed by atoms with Crippen LogP contribution in [0.5, 0.6) is 5.75 Å². The number of hydrogen-bond donors (Lipinski definition) is 0. The molecule has 0 bridgehead atoms. The van der Waals surface area contributed by atoms with Crippen LogP contribution in [-0.4, -0.2) is 45.0 Å². The molecule has 0 amide bonds. The Hall–Kier alpha value is -4.04. The summed E-state index contributed by atoms with van der Waals surface area (Å²) in [7, 11) is 3.39. The van der Waals surface area contributed by atoms with Crippen LogP contribution < -0.4 is 4.74 Å². The number of carbonyl (C=O) groups excluding carboxylic acids is 1. The third-order valence-electron chi connectivity index (χ3n) is 7.58. The van der Waals surface area contributed by atoms with Gasteiger partial charge in [0.2, 0.25) is 0 Å². The number of carbonyl (C=O) groups is 1. The monoisotopic (exact) mass is 512 g/mol. The Balaban J connectivity index is 1.37. The molecular formula is C30H29FN4O3. The summed E-state index contributed by atoms with van der Waals surface area (Å²) in [5.74, 6) is 1.50. The van der Waals surface area contributed by atoms with Crippen LogP contribution in [0.25, 0.3) is 27.7 Å². The lowest BCUT2D eigenvalue weighted by Gasteiger charge is -2.20. The van der Waals surface area contributed by atoms with E-state index in [0.717, 1.165) is 59.9 Å². The number of Topliss-reactive ketones (excluding diaryl/α,β-unsaturated/α-hetero) is 1. The fourth-order valence-electron chi connectivity index (χ4n) is 5.56. The molecule has 0 spiro atoms. The van der Waals surface area contributed by atoms with Crippen LogP contribution in [0, 0.1) is 12.7 Å². The SMILES string of the molecule is COc1cc(-c2nc(C3CCOCC3)n3ccnc(C)c23)ccc1CC(=O)c1cc2c(F)cccc2n1C. The number of imidazole rings is 1. The van der Waals surface area contributed by atoms with E-state index in [2.05, 4.69) is 9.38 Å². The van der Waals surface area contributed by atoms with Crippen molar-refractivity contribution < 1.29 is 18.7 Å². The second-order valence-corrected chi connectivity index (χ2v) is 9.82. The molecule has 0 N–H and O–H groups in total. The topological polar surface area (TPSA) is 70.7 Å². The van der Waals surface area contributed by atoms with Gasteiger partial charge in [0.15, 0.2) is 5.78 Å². The van der Waals surface area contributed by atoms with Gasteiger partial charge in [-0.1, -0.05) is 18.2 Å². The Morgan fingerprint density at radius 1 is 1.18 bits per heavy atom. The van der Waals surface area contributed by atoms with E-state index in [9.17, 15) is 9.18 Å². The summed E-state index contributed by atoms with van der Waals surface area (Å²) in [4.78, 5) is 22.9. The molecule has 6 rings (SSSR count). The van der Waals surface area contributed by atoms with Crippen molar-refractivity contribution in [2.75, 3.05) is 20.3 Å². The molecule has 0 atom stereocenters. The molecule has 1 aliphatic heterocycles. The van der Waals surface area contributed by atoms with E-state index in [0.29, 0.717) is 28.3 Å². The van der Waals surface area contributed by atoms with Crippen molar-refractivity contribution in [2.45, 2.75) is 32.1 Å². The zero-order valence-electron chi connectivity index (χ0n) is 21.7. The van der Waals surface area contributed by atoms with Crippen LogP contribution in [0.2, 0.25) is 0 Å². The summed E-state index contributed by atoms with van der Waals surface area (Å²) in [5, 5.41) is 0.441. The second-order valence-electron chi connectivity index (χ2n) is 9.82. The van der Waals surface area contributed by atoms with Gasteiger partial charge in [-0.15, -0.1) is 0 Å². The fraction of sp³-hybridized carbons (Fsp3) is 0.300. The van der Waals surface area contributed by atoms with E-state index >= 15 is 0 Å². The van der Waals surface area contributed by atoms with Gasteiger partial charge in [-0.3, -0.25) is 14.2 Å². The van der Waals surface area contributed by atoms with Crippen LogP contribution in [0.15, 0.2) is 54.9 Å². The maximum atomic E-state index is 14.3. The average Bonchev–Trinajstić information content (AvgIpc) is 3.50. The van der Waals surface area contributed by atoms with Crippen molar-refractivity contribution in [1.82, 2.24) is 18.9 Å². The van der Waals surface area contributed by atoms with E-state index in [1.54, 1.807) is 30.9 Å². The molecule has 0 radical (unpaired) electrons. The van der Waals surface area contributed by atoms with Gasteiger partial charge < -0.3 is 14.0 Å². The summed E-state index contributed by atoms with van der Waals surface area (Å²) in [6.45, 7) is 3.46. The van der Waals surface area contributed by atoms with Gasteiger partial charge in [-0.25, -0.2) is 9.37 Å². The third-order valence-corrected chi connectivity index (χ3v) is 7.58. The maximum Gasteiger partial charge on any atom is 0.183 e. The van der Waals surface area contributed by atoms with Crippen molar-refractivity contribution >= 4 is 22.2 Å². The standard InChI is InChI=1S/C30H29FN4O3/c1-18-29-28(33-30(35(29)12-11-32-18)19-9-13-38-14-10-19)21-8-7-20(27(16-21)37-3)15-26(36)25-17-22-23(31)5-4-6-24(22)34(25)2/h4-8,11-12,16-17,19H,9-10,13-15H2,1-3H3. The second kappa shape index (κ2) is 9.68. The van der Waals surface area contributed by atoms with Crippen LogP contribution in [0.4, 0.5) is 4.39 Å². The van der Waals surface area contributed by atoms with Gasteiger partial charge >= 0.3 is 0 Å². The van der Waals surface area contributed by atoms with Crippen molar-refractivity contribution in [3.8, 4) is 17.0 Å². The van der Waals surface area contributed by atoms with E-state index in [1.807, 2.05) is 43.6 Å². The number of halogens is 1. The van der Waals surface area contributed by atoms with E-state index in [-0.39, 0.29) is 18.0 Å². The van der Waals surface area contributed by atoms with E-state index < -0.39 is 0 Å². The molecule has 194 valence electrons. The first-order valence-corrected chi connectivity index (χ1v) is 12.8. The summed E-state index contributed by atoms with van der Waals surface area (Å²) in [6, 6.07) is 12.3. The molecule has 7 nitrogen and oxygen atoms in total. The van der Waals surface area contributed by atoms with Gasteiger partial charge in [0.05, 0.1) is 35.2 Å². The Bertz CT molecular complexity index is 1680. The lowest BCUT2D eigenvalue weighted by molar-refractivity contribution is 0.0835. The lowest BCUT2D eigenvalue weighted by atomic mass is 9.99. The van der Waals surface area contributed by atoms with Crippen LogP contribution >= 0.6 is 0 Å². The van der Waals surface area contributed by atoms with E-state index in [4.69, 9.17) is 14.5 Å². The van der Waals surface area contributed by atoms with Crippen molar-refractivity contribution in [3.05, 3.63) is 83.5 Å². The van der Waals surface area contributed by atoms with Crippen LogP contribution in [0.3, 0.4) is 0 Å². The third kappa shape index (κ3) is 4.05. The molecule has 0 unspecified atom stereocenters. The van der Waals surface area contributed by atoms with Gasteiger partial charge in [0, 0.05) is 61.5 Å². The largest absolute Gasteiger partial charge is 0.496 e. The quantitative estimate of drug-likeness (QED) is 0.275. The highest BCUT2D eigenvalue weighted by molar-refractivity contribution is 6.01. The number of ketones is 1. The molecule has 0 aliphatic carbocycles. The van der Waals surface area contributed by atoms with Gasteiger partial charge in [0.1, 0.15) is 17.4 Å². The molecule has 1 saturated heterocycles. The number of rotatable bonds is 6. The molecule has 8 heteroatoms. The summed E-state index contributed by atoms with van der Waals surface area (Å²) in [6.07, 6.45) is 5.78.